The average molecular weight is 239 g/mol. The Balaban J connectivity index is 2.33. The van der Waals surface area contributed by atoms with Gasteiger partial charge >= 0.3 is 0 Å². The molecule has 0 aromatic carbocycles. The summed E-state index contributed by atoms with van der Waals surface area (Å²) in [5.41, 5.74) is 5.57. The highest BCUT2D eigenvalue weighted by molar-refractivity contribution is 5.50. The second kappa shape index (κ2) is 6.90. The van der Waals surface area contributed by atoms with Crippen molar-refractivity contribution in [3.63, 3.8) is 0 Å². The topological polar surface area (TPSA) is 85.1 Å². The highest BCUT2D eigenvalue weighted by atomic mass is 16.5. The summed E-state index contributed by atoms with van der Waals surface area (Å²) in [5.74, 6) is 2.21. The lowest BCUT2D eigenvalue weighted by Crippen LogP contribution is -2.13. The molecule has 0 radical (unpaired) electrons. The van der Waals surface area contributed by atoms with Crippen LogP contribution in [0.15, 0.2) is 6.07 Å². The number of nitrogens with one attached hydrogen (secondary N) is 2. The van der Waals surface area contributed by atoms with Crippen LogP contribution in [0.25, 0.3) is 0 Å². The van der Waals surface area contributed by atoms with Crippen LogP contribution in [-0.2, 0) is 4.74 Å². The van der Waals surface area contributed by atoms with Crippen LogP contribution in [0.3, 0.4) is 0 Å². The predicted octanol–water partition coefficient (Wildman–Crippen LogP) is 1.18. The van der Waals surface area contributed by atoms with E-state index in [2.05, 4.69) is 34.4 Å². The van der Waals surface area contributed by atoms with Crippen LogP contribution in [0.5, 0.6) is 0 Å². The van der Waals surface area contributed by atoms with Crippen molar-refractivity contribution < 1.29 is 4.74 Å². The van der Waals surface area contributed by atoms with E-state index in [1.165, 1.54) is 0 Å². The normalized spacial score (nSPS) is 10.6. The van der Waals surface area contributed by atoms with Gasteiger partial charge < -0.3 is 21.1 Å². The van der Waals surface area contributed by atoms with Gasteiger partial charge in [-0.05, 0) is 5.92 Å². The lowest BCUT2D eigenvalue weighted by molar-refractivity contribution is 0.118. The van der Waals surface area contributed by atoms with Crippen molar-refractivity contribution in [3.05, 3.63) is 6.07 Å². The summed E-state index contributed by atoms with van der Waals surface area (Å²) in [6, 6.07) is 1.80. The van der Waals surface area contributed by atoms with E-state index >= 15 is 0 Å². The van der Waals surface area contributed by atoms with Gasteiger partial charge in [0.1, 0.15) is 11.6 Å². The van der Waals surface area contributed by atoms with Crippen LogP contribution >= 0.6 is 0 Å². The summed E-state index contributed by atoms with van der Waals surface area (Å²) in [7, 11) is 1.79. The first-order valence-electron chi connectivity index (χ1n) is 5.75. The van der Waals surface area contributed by atoms with Crippen LogP contribution in [-0.4, -0.2) is 36.8 Å². The molecule has 1 aromatic heterocycles. The van der Waals surface area contributed by atoms with E-state index in [0.29, 0.717) is 30.7 Å². The molecule has 0 aliphatic rings. The summed E-state index contributed by atoms with van der Waals surface area (Å²) in [6.07, 6.45) is 0. The van der Waals surface area contributed by atoms with Crippen LogP contribution in [0.4, 0.5) is 17.6 Å². The zero-order chi connectivity index (χ0) is 12.7. The van der Waals surface area contributed by atoms with Crippen molar-refractivity contribution >= 4 is 17.6 Å². The standard InChI is InChI=1S/C11H21N5O/c1-8(2)7-17-5-4-14-10-6-9(13-3)15-11(12)16-10/h6,8H,4-5,7H2,1-3H3,(H4,12,13,14,15,16). The second-order valence-corrected chi connectivity index (χ2v) is 4.14. The van der Waals surface area contributed by atoms with Gasteiger partial charge in [0.05, 0.1) is 6.61 Å². The molecule has 0 amide bonds. The van der Waals surface area contributed by atoms with Gasteiger partial charge in [0.2, 0.25) is 5.95 Å². The highest BCUT2D eigenvalue weighted by Gasteiger charge is 2.00. The number of aromatic nitrogens is 2. The Hall–Kier alpha value is -1.56. The third-order valence-corrected chi connectivity index (χ3v) is 2.00. The quantitative estimate of drug-likeness (QED) is 0.620. The summed E-state index contributed by atoms with van der Waals surface area (Å²) in [5, 5.41) is 6.06. The second-order valence-electron chi connectivity index (χ2n) is 4.14. The van der Waals surface area contributed by atoms with E-state index in [1.54, 1.807) is 13.1 Å². The first-order chi connectivity index (χ1) is 8.11. The summed E-state index contributed by atoms with van der Waals surface area (Å²) >= 11 is 0. The Labute approximate surface area is 102 Å². The van der Waals surface area contributed by atoms with Crippen LogP contribution in [0, 0.1) is 5.92 Å². The molecule has 0 aliphatic carbocycles. The fraction of sp³-hybridized carbons (Fsp3) is 0.636. The largest absolute Gasteiger partial charge is 0.379 e. The average Bonchev–Trinajstić information content (AvgIpc) is 2.27. The molecule has 17 heavy (non-hydrogen) atoms. The van der Waals surface area contributed by atoms with Crippen molar-refractivity contribution in [3.8, 4) is 0 Å². The van der Waals surface area contributed by atoms with Crippen molar-refractivity contribution in [1.29, 1.82) is 0 Å². The molecule has 0 saturated heterocycles. The molecule has 96 valence electrons. The molecule has 6 heteroatoms. The number of ether oxygens (including phenoxy) is 1. The van der Waals surface area contributed by atoms with E-state index in [4.69, 9.17) is 10.5 Å². The molecule has 4 N–H and O–H groups in total. The molecule has 0 fully saturated rings. The number of nitrogens with zero attached hydrogens (tertiary/aromatic N) is 2. The number of nitrogens with two attached hydrogens (primary N) is 1. The molecule has 0 aliphatic heterocycles. The van der Waals surface area contributed by atoms with Crippen LogP contribution in [0.2, 0.25) is 0 Å². The predicted molar refractivity (Wildman–Crippen MR) is 70.1 cm³/mol. The molecule has 0 unspecified atom stereocenters. The minimum absolute atomic E-state index is 0.252. The molecule has 0 bridgehead atoms. The molecule has 0 saturated carbocycles. The molecule has 1 rings (SSSR count). The first-order valence-corrected chi connectivity index (χ1v) is 5.75. The SMILES string of the molecule is CNc1cc(NCCOCC(C)C)nc(N)n1. The number of rotatable bonds is 7. The fourth-order valence-corrected chi connectivity index (χ4v) is 1.25. The first kappa shape index (κ1) is 13.5. The van der Waals surface area contributed by atoms with Gasteiger partial charge in [0.15, 0.2) is 0 Å². The molecule has 0 spiro atoms. The fourth-order valence-electron chi connectivity index (χ4n) is 1.25. The molecular weight excluding hydrogens is 218 g/mol. The van der Waals surface area contributed by atoms with Crippen LogP contribution in [0.1, 0.15) is 13.8 Å². The minimum Gasteiger partial charge on any atom is -0.379 e. The van der Waals surface area contributed by atoms with Crippen molar-refractivity contribution in [2.45, 2.75) is 13.8 Å². The van der Waals surface area contributed by atoms with Crippen molar-refractivity contribution in [2.75, 3.05) is 43.2 Å². The number of hydrogen-bond donors (Lipinski definition) is 3. The van der Waals surface area contributed by atoms with Gasteiger partial charge in [0, 0.05) is 26.3 Å². The van der Waals surface area contributed by atoms with E-state index in [-0.39, 0.29) is 5.95 Å². The lowest BCUT2D eigenvalue weighted by atomic mass is 10.2. The van der Waals surface area contributed by atoms with Crippen molar-refractivity contribution in [1.82, 2.24) is 9.97 Å². The van der Waals surface area contributed by atoms with Crippen molar-refractivity contribution in [2.24, 2.45) is 5.92 Å². The summed E-state index contributed by atoms with van der Waals surface area (Å²) in [6.45, 7) is 6.37. The maximum atomic E-state index is 5.57. The van der Waals surface area contributed by atoms with Crippen LogP contribution < -0.4 is 16.4 Å². The Kier molecular flexibility index (Phi) is 5.48. The third kappa shape index (κ3) is 5.35. The van der Waals surface area contributed by atoms with Gasteiger partial charge in [-0.25, -0.2) is 0 Å². The Bertz CT molecular complexity index is 343. The van der Waals surface area contributed by atoms with Gasteiger partial charge in [-0.1, -0.05) is 13.8 Å². The molecule has 0 atom stereocenters. The molecule has 6 nitrogen and oxygen atoms in total. The lowest BCUT2D eigenvalue weighted by Gasteiger charge is -2.09. The molecule has 1 heterocycles. The van der Waals surface area contributed by atoms with E-state index in [1.807, 2.05) is 0 Å². The van der Waals surface area contributed by atoms with Gasteiger partial charge in [0.25, 0.3) is 0 Å². The molecule has 1 aromatic rings. The Morgan fingerprint density at radius 1 is 1.35 bits per heavy atom. The highest BCUT2D eigenvalue weighted by Crippen LogP contribution is 2.11. The maximum Gasteiger partial charge on any atom is 0.223 e. The smallest absolute Gasteiger partial charge is 0.223 e. The zero-order valence-electron chi connectivity index (χ0n) is 10.7. The maximum absolute atomic E-state index is 5.57. The van der Waals surface area contributed by atoms with Gasteiger partial charge in [-0.15, -0.1) is 0 Å². The number of hydrogen-bond acceptors (Lipinski definition) is 6. The van der Waals surface area contributed by atoms with Gasteiger partial charge in [-0.2, -0.15) is 9.97 Å². The zero-order valence-corrected chi connectivity index (χ0v) is 10.7. The monoisotopic (exact) mass is 239 g/mol. The third-order valence-electron chi connectivity index (χ3n) is 2.00. The van der Waals surface area contributed by atoms with E-state index < -0.39 is 0 Å². The molecular formula is C11H21N5O. The van der Waals surface area contributed by atoms with E-state index in [0.717, 1.165) is 6.61 Å². The number of anilines is 3. The Morgan fingerprint density at radius 3 is 2.71 bits per heavy atom. The van der Waals surface area contributed by atoms with E-state index in [9.17, 15) is 0 Å². The van der Waals surface area contributed by atoms with Gasteiger partial charge in [-0.3, -0.25) is 0 Å². The Morgan fingerprint density at radius 2 is 2.06 bits per heavy atom. The summed E-state index contributed by atoms with van der Waals surface area (Å²) in [4.78, 5) is 8.08. The number of nitrogen functional groups attached to an aromatic ring is 1. The summed E-state index contributed by atoms with van der Waals surface area (Å²) < 4.78 is 5.45. The minimum atomic E-state index is 0.252.